The van der Waals surface area contributed by atoms with E-state index in [0.717, 1.165) is 36.9 Å². The third-order valence-corrected chi connectivity index (χ3v) is 2.96. The summed E-state index contributed by atoms with van der Waals surface area (Å²) >= 11 is 0. The molecule has 0 spiro atoms. The van der Waals surface area contributed by atoms with Crippen LogP contribution in [0.4, 0.5) is 5.69 Å². The highest BCUT2D eigenvalue weighted by Gasteiger charge is 2.07. The molecular formula is C15H17NO. The van der Waals surface area contributed by atoms with Crippen molar-refractivity contribution in [2.24, 2.45) is 0 Å². The van der Waals surface area contributed by atoms with Gasteiger partial charge in [0.15, 0.2) is 0 Å². The highest BCUT2D eigenvalue weighted by Crippen LogP contribution is 2.26. The second-order valence-corrected chi connectivity index (χ2v) is 4.15. The molecule has 2 aromatic rings. The molecule has 2 aromatic carbocycles. The first-order chi connectivity index (χ1) is 8.36. The molecule has 2 heteroatoms. The fourth-order valence-electron chi connectivity index (χ4n) is 2.02. The standard InChI is InChI=1S/C15H17NO/c1-2-3-11-16(12-17)15-10-6-8-13-7-4-5-9-14(13)15/h4-10,12H,2-3,11H2,1H3. The average molecular weight is 227 g/mol. The third kappa shape index (κ3) is 2.47. The van der Waals surface area contributed by atoms with Gasteiger partial charge in [0.05, 0.1) is 5.69 Å². The molecule has 0 fully saturated rings. The van der Waals surface area contributed by atoms with Crippen molar-refractivity contribution in [1.82, 2.24) is 0 Å². The van der Waals surface area contributed by atoms with Crippen LogP contribution in [0.25, 0.3) is 10.8 Å². The van der Waals surface area contributed by atoms with Gasteiger partial charge in [-0.1, -0.05) is 49.7 Å². The van der Waals surface area contributed by atoms with Crippen LogP contribution in [0.2, 0.25) is 0 Å². The normalized spacial score (nSPS) is 10.4. The summed E-state index contributed by atoms with van der Waals surface area (Å²) in [4.78, 5) is 13.0. The molecule has 0 aliphatic heterocycles. The maximum Gasteiger partial charge on any atom is 0.214 e. The molecule has 0 N–H and O–H groups in total. The second kappa shape index (κ2) is 5.48. The zero-order valence-electron chi connectivity index (χ0n) is 10.1. The molecule has 0 bridgehead atoms. The van der Waals surface area contributed by atoms with Gasteiger partial charge in [-0.05, 0) is 17.9 Å². The predicted octanol–water partition coefficient (Wildman–Crippen LogP) is 3.60. The van der Waals surface area contributed by atoms with Gasteiger partial charge in [-0.2, -0.15) is 0 Å². The monoisotopic (exact) mass is 227 g/mol. The highest BCUT2D eigenvalue weighted by molar-refractivity contribution is 5.98. The van der Waals surface area contributed by atoms with E-state index in [4.69, 9.17) is 0 Å². The lowest BCUT2D eigenvalue weighted by Crippen LogP contribution is -2.22. The molecule has 0 aromatic heterocycles. The van der Waals surface area contributed by atoms with Crippen molar-refractivity contribution in [3.8, 4) is 0 Å². The highest BCUT2D eigenvalue weighted by atomic mass is 16.1. The van der Waals surface area contributed by atoms with Gasteiger partial charge in [0, 0.05) is 11.9 Å². The summed E-state index contributed by atoms with van der Waals surface area (Å²) in [5, 5.41) is 2.31. The zero-order chi connectivity index (χ0) is 12.1. The number of rotatable bonds is 5. The van der Waals surface area contributed by atoms with Crippen molar-refractivity contribution >= 4 is 22.9 Å². The van der Waals surface area contributed by atoms with E-state index in [0.29, 0.717) is 0 Å². The third-order valence-electron chi connectivity index (χ3n) is 2.96. The lowest BCUT2D eigenvalue weighted by Gasteiger charge is -2.19. The molecule has 0 unspecified atom stereocenters. The van der Waals surface area contributed by atoms with Crippen LogP contribution >= 0.6 is 0 Å². The van der Waals surface area contributed by atoms with Crippen LogP contribution < -0.4 is 4.90 Å². The topological polar surface area (TPSA) is 20.3 Å². The van der Waals surface area contributed by atoms with E-state index < -0.39 is 0 Å². The Labute approximate surface area is 102 Å². The lowest BCUT2D eigenvalue weighted by atomic mass is 10.1. The fraction of sp³-hybridized carbons (Fsp3) is 0.267. The van der Waals surface area contributed by atoms with Gasteiger partial charge < -0.3 is 4.90 Å². The molecule has 17 heavy (non-hydrogen) atoms. The summed E-state index contributed by atoms with van der Waals surface area (Å²) in [7, 11) is 0. The van der Waals surface area contributed by atoms with Crippen LogP contribution in [0.15, 0.2) is 42.5 Å². The van der Waals surface area contributed by atoms with Gasteiger partial charge in [-0.25, -0.2) is 0 Å². The van der Waals surface area contributed by atoms with Crippen LogP contribution in [-0.4, -0.2) is 13.0 Å². The second-order valence-electron chi connectivity index (χ2n) is 4.15. The number of benzene rings is 2. The Morgan fingerprint density at radius 3 is 2.65 bits per heavy atom. The molecule has 0 aliphatic rings. The Bertz CT molecular complexity index is 502. The van der Waals surface area contributed by atoms with Gasteiger partial charge in [0.1, 0.15) is 0 Å². The summed E-state index contributed by atoms with van der Waals surface area (Å²) in [5.74, 6) is 0. The SMILES string of the molecule is CCCCN(C=O)c1cccc2ccccc12. The molecule has 1 amide bonds. The largest absolute Gasteiger partial charge is 0.314 e. The molecule has 2 nitrogen and oxygen atoms in total. The molecule has 88 valence electrons. The van der Waals surface area contributed by atoms with Gasteiger partial charge >= 0.3 is 0 Å². The summed E-state index contributed by atoms with van der Waals surface area (Å²) in [5.41, 5.74) is 1.01. The van der Waals surface area contributed by atoms with Crippen LogP contribution in [0.3, 0.4) is 0 Å². The Balaban J connectivity index is 2.42. The summed E-state index contributed by atoms with van der Waals surface area (Å²) in [6, 6.07) is 14.2. The zero-order valence-corrected chi connectivity index (χ0v) is 10.1. The molecule has 2 rings (SSSR count). The maximum atomic E-state index is 11.2. The van der Waals surface area contributed by atoms with Crippen LogP contribution in [0.5, 0.6) is 0 Å². The quantitative estimate of drug-likeness (QED) is 0.715. The molecule has 0 aliphatic carbocycles. The molecule has 0 saturated carbocycles. The van der Waals surface area contributed by atoms with E-state index in [9.17, 15) is 4.79 Å². The van der Waals surface area contributed by atoms with Crippen LogP contribution in [-0.2, 0) is 4.79 Å². The molecular weight excluding hydrogens is 210 g/mol. The number of amides is 1. The van der Waals surface area contributed by atoms with Gasteiger partial charge in [-0.3, -0.25) is 4.79 Å². The molecule has 0 atom stereocenters. The number of nitrogens with zero attached hydrogens (tertiary/aromatic N) is 1. The van der Waals surface area contributed by atoms with E-state index >= 15 is 0 Å². The first-order valence-electron chi connectivity index (χ1n) is 6.06. The summed E-state index contributed by atoms with van der Waals surface area (Å²) in [6.07, 6.45) is 3.05. The minimum atomic E-state index is 0.786. The minimum Gasteiger partial charge on any atom is -0.314 e. The van der Waals surface area contributed by atoms with Crippen molar-refractivity contribution in [2.45, 2.75) is 19.8 Å². The Kier molecular flexibility index (Phi) is 3.76. The van der Waals surface area contributed by atoms with E-state index in [1.807, 2.05) is 24.3 Å². The van der Waals surface area contributed by atoms with Crippen molar-refractivity contribution < 1.29 is 4.79 Å². The first kappa shape index (κ1) is 11.6. The number of carbonyl (C=O) groups is 1. The molecule has 0 radical (unpaired) electrons. The van der Waals surface area contributed by atoms with E-state index in [2.05, 4.69) is 25.1 Å². The summed E-state index contributed by atoms with van der Waals surface area (Å²) < 4.78 is 0. The van der Waals surface area contributed by atoms with Crippen molar-refractivity contribution in [3.63, 3.8) is 0 Å². The minimum absolute atomic E-state index is 0.786. The Morgan fingerprint density at radius 1 is 1.12 bits per heavy atom. The van der Waals surface area contributed by atoms with Gasteiger partial charge in [0.25, 0.3) is 0 Å². The number of carbonyl (C=O) groups excluding carboxylic acids is 1. The van der Waals surface area contributed by atoms with Crippen LogP contribution in [0, 0.1) is 0 Å². The van der Waals surface area contributed by atoms with E-state index in [-0.39, 0.29) is 0 Å². The Hall–Kier alpha value is -1.83. The first-order valence-corrected chi connectivity index (χ1v) is 6.06. The fourth-order valence-corrected chi connectivity index (χ4v) is 2.02. The summed E-state index contributed by atoms with van der Waals surface area (Å²) in [6.45, 7) is 2.92. The van der Waals surface area contributed by atoms with Gasteiger partial charge in [-0.15, -0.1) is 0 Å². The van der Waals surface area contributed by atoms with Crippen molar-refractivity contribution in [2.75, 3.05) is 11.4 Å². The van der Waals surface area contributed by atoms with Crippen molar-refractivity contribution in [1.29, 1.82) is 0 Å². The molecule has 0 saturated heterocycles. The maximum absolute atomic E-state index is 11.2. The number of unbranched alkanes of at least 4 members (excludes halogenated alkanes) is 1. The van der Waals surface area contributed by atoms with Gasteiger partial charge in [0.2, 0.25) is 6.41 Å². The van der Waals surface area contributed by atoms with Crippen molar-refractivity contribution in [3.05, 3.63) is 42.5 Å². The smallest absolute Gasteiger partial charge is 0.214 e. The number of hydrogen-bond acceptors (Lipinski definition) is 1. The number of anilines is 1. The predicted molar refractivity (Wildman–Crippen MR) is 72.3 cm³/mol. The Morgan fingerprint density at radius 2 is 1.88 bits per heavy atom. The lowest BCUT2D eigenvalue weighted by molar-refractivity contribution is -0.107. The average Bonchev–Trinajstić information content (AvgIpc) is 2.40. The number of hydrogen-bond donors (Lipinski definition) is 0. The van der Waals surface area contributed by atoms with E-state index in [1.165, 1.54) is 5.39 Å². The van der Waals surface area contributed by atoms with Crippen LogP contribution in [0.1, 0.15) is 19.8 Å². The number of fused-ring (bicyclic) bond motifs is 1. The van der Waals surface area contributed by atoms with E-state index in [1.54, 1.807) is 4.90 Å². The molecule has 0 heterocycles.